The number of hydrogen-bond acceptors (Lipinski definition) is 5. The Balaban J connectivity index is 1.98. The Morgan fingerprint density at radius 3 is 2.70 bits per heavy atom. The lowest BCUT2D eigenvalue weighted by molar-refractivity contribution is 0.0465. The third-order valence-corrected chi connectivity index (χ3v) is 3.74. The highest BCUT2D eigenvalue weighted by atomic mass is 16.7. The number of hydrogen-bond donors (Lipinski definition) is 0. The van der Waals surface area contributed by atoms with Gasteiger partial charge in [-0.05, 0) is 41.0 Å². The Labute approximate surface area is 134 Å². The predicted octanol–water partition coefficient (Wildman–Crippen LogP) is 3.06. The van der Waals surface area contributed by atoms with Crippen molar-refractivity contribution < 1.29 is 23.7 Å². The lowest BCUT2D eigenvalue weighted by Crippen LogP contribution is -2.07. The van der Waals surface area contributed by atoms with Crippen LogP contribution >= 0.6 is 0 Å². The van der Waals surface area contributed by atoms with Crippen LogP contribution in [0.25, 0.3) is 11.1 Å². The molecule has 0 atom stereocenters. The minimum absolute atomic E-state index is 0.0610. The Morgan fingerprint density at radius 2 is 1.91 bits per heavy atom. The molecule has 5 nitrogen and oxygen atoms in total. The van der Waals surface area contributed by atoms with Crippen LogP contribution in [0.2, 0.25) is 0 Å². The number of fused-ring (bicyclic) bond motifs is 1. The van der Waals surface area contributed by atoms with Crippen molar-refractivity contribution in [2.45, 2.75) is 6.42 Å². The van der Waals surface area contributed by atoms with Gasteiger partial charge in [0, 0.05) is 13.5 Å². The van der Waals surface area contributed by atoms with Gasteiger partial charge in [-0.15, -0.1) is 0 Å². The zero-order valence-electron chi connectivity index (χ0n) is 13.1. The molecular formula is C18H18O5. The molecule has 0 unspecified atom stereocenters. The maximum absolute atomic E-state index is 11.8. The van der Waals surface area contributed by atoms with E-state index in [9.17, 15) is 4.79 Å². The fourth-order valence-electron chi connectivity index (χ4n) is 2.59. The molecule has 0 bridgehead atoms. The van der Waals surface area contributed by atoms with E-state index in [1.54, 1.807) is 6.07 Å². The number of ether oxygens (including phenoxy) is 4. The fraction of sp³-hybridized carbons (Fsp3) is 0.278. The summed E-state index contributed by atoms with van der Waals surface area (Å²) in [4.78, 5) is 11.8. The molecule has 0 fully saturated rings. The molecule has 5 heteroatoms. The summed E-state index contributed by atoms with van der Waals surface area (Å²) >= 11 is 0. The van der Waals surface area contributed by atoms with Crippen molar-refractivity contribution in [2.75, 3.05) is 27.6 Å². The third kappa shape index (κ3) is 3.14. The molecule has 0 saturated carbocycles. The second-order valence-electron chi connectivity index (χ2n) is 5.17. The number of carbonyl (C=O) groups is 1. The van der Waals surface area contributed by atoms with Gasteiger partial charge in [0.25, 0.3) is 0 Å². The highest BCUT2D eigenvalue weighted by molar-refractivity contribution is 5.93. The van der Waals surface area contributed by atoms with Gasteiger partial charge in [0.15, 0.2) is 6.79 Å². The summed E-state index contributed by atoms with van der Waals surface area (Å²) in [5.41, 5.74) is 3.57. The lowest BCUT2D eigenvalue weighted by atomic mass is 10.00. The van der Waals surface area contributed by atoms with Crippen molar-refractivity contribution in [1.29, 1.82) is 0 Å². The highest BCUT2D eigenvalue weighted by Gasteiger charge is 2.16. The molecule has 0 aromatic heterocycles. The van der Waals surface area contributed by atoms with Gasteiger partial charge in [-0.1, -0.05) is 12.1 Å². The molecule has 0 saturated heterocycles. The molecule has 0 spiro atoms. The van der Waals surface area contributed by atoms with E-state index in [2.05, 4.69) is 6.07 Å². The molecule has 1 aliphatic heterocycles. The topological polar surface area (TPSA) is 54.0 Å². The predicted molar refractivity (Wildman–Crippen MR) is 84.9 cm³/mol. The minimum Gasteiger partial charge on any atom is -0.493 e. The van der Waals surface area contributed by atoms with E-state index < -0.39 is 5.97 Å². The molecule has 0 radical (unpaired) electrons. The van der Waals surface area contributed by atoms with Crippen LogP contribution in [0.4, 0.5) is 0 Å². The smallest absolute Gasteiger partial charge is 0.341 e. The SMILES string of the molecule is COCOc1cc(-c2ccc3c(c2)CCO3)ccc1C(=O)OC. The van der Waals surface area contributed by atoms with Gasteiger partial charge in [0.1, 0.15) is 17.1 Å². The van der Waals surface area contributed by atoms with Crippen molar-refractivity contribution >= 4 is 5.97 Å². The Bertz CT molecular complexity index is 723. The molecule has 23 heavy (non-hydrogen) atoms. The second kappa shape index (κ2) is 6.71. The van der Waals surface area contributed by atoms with E-state index in [0.717, 1.165) is 29.9 Å². The quantitative estimate of drug-likeness (QED) is 0.627. The molecule has 120 valence electrons. The summed E-state index contributed by atoms with van der Waals surface area (Å²) in [6.45, 7) is 0.785. The minimum atomic E-state index is -0.440. The van der Waals surface area contributed by atoms with Crippen LogP contribution in [0.15, 0.2) is 36.4 Å². The van der Waals surface area contributed by atoms with E-state index in [1.807, 2.05) is 24.3 Å². The van der Waals surface area contributed by atoms with Gasteiger partial charge < -0.3 is 18.9 Å². The maximum Gasteiger partial charge on any atom is 0.341 e. The summed E-state index contributed by atoms with van der Waals surface area (Å²) in [7, 11) is 2.87. The van der Waals surface area contributed by atoms with Gasteiger partial charge in [-0.2, -0.15) is 0 Å². The van der Waals surface area contributed by atoms with Crippen molar-refractivity contribution in [3.05, 3.63) is 47.5 Å². The van der Waals surface area contributed by atoms with E-state index >= 15 is 0 Å². The van der Waals surface area contributed by atoms with Gasteiger partial charge in [-0.3, -0.25) is 0 Å². The summed E-state index contributed by atoms with van der Waals surface area (Å²) in [6, 6.07) is 11.5. The zero-order chi connectivity index (χ0) is 16.2. The first-order valence-corrected chi connectivity index (χ1v) is 7.33. The average molecular weight is 314 g/mol. The third-order valence-electron chi connectivity index (χ3n) is 3.74. The Kier molecular flexibility index (Phi) is 4.48. The van der Waals surface area contributed by atoms with Crippen LogP contribution in [0.1, 0.15) is 15.9 Å². The summed E-state index contributed by atoms with van der Waals surface area (Å²) in [5, 5.41) is 0. The standard InChI is InChI=1S/C18H18O5/c1-20-11-23-17-10-13(3-5-15(17)18(19)21-2)12-4-6-16-14(9-12)7-8-22-16/h3-6,9-10H,7-8,11H2,1-2H3. The summed E-state index contributed by atoms with van der Waals surface area (Å²) < 4.78 is 20.8. The largest absolute Gasteiger partial charge is 0.493 e. The first-order chi connectivity index (χ1) is 11.2. The van der Waals surface area contributed by atoms with Crippen LogP contribution in [0.5, 0.6) is 11.5 Å². The highest BCUT2D eigenvalue weighted by Crippen LogP contribution is 2.33. The van der Waals surface area contributed by atoms with Crippen molar-refractivity contribution in [3.63, 3.8) is 0 Å². The molecule has 2 aromatic carbocycles. The molecular weight excluding hydrogens is 296 g/mol. The van der Waals surface area contributed by atoms with Gasteiger partial charge in [0.05, 0.1) is 13.7 Å². The number of methoxy groups -OCH3 is 2. The van der Waals surface area contributed by atoms with Crippen molar-refractivity contribution in [3.8, 4) is 22.6 Å². The van der Waals surface area contributed by atoms with Crippen molar-refractivity contribution in [2.24, 2.45) is 0 Å². The lowest BCUT2D eigenvalue weighted by Gasteiger charge is -2.12. The maximum atomic E-state index is 11.8. The number of carbonyl (C=O) groups excluding carboxylic acids is 1. The monoisotopic (exact) mass is 314 g/mol. The van der Waals surface area contributed by atoms with Crippen LogP contribution < -0.4 is 9.47 Å². The average Bonchev–Trinajstić information content (AvgIpc) is 3.06. The van der Waals surface area contributed by atoms with Crippen LogP contribution in [-0.4, -0.2) is 33.6 Å². The molecule has 3 rings (SSSR count). The van der Waals surface area contributed by atoms with Crippen LogP contribution in [0.3, 0.4) is 0 Å². The number of benzene rings is 2. The van der Waals surface area contributed by atoms with E-state index in [1.165, 1.54) is 19.8 Å². The molecule has 1 heterocycles. The van der Waals surface area contributed by atoms with E-state index in [4.69, 9.17) is 18.9 Å². The molecule has 0 amide bonds. The molecule has 0 N–H and O–H groups in total. The Morgan fingerprint density at radius 1 is 1.13 bits per heavy atom. The van der Waals surface area contributed by atoms with Crippen LogP contribution in [-0.2, 0) is 15.9 Å². The Hall–Kier alpha value is -2.53. The number of rotatable bonds is 5. The molecule has 0 aliphatic carbocycles. The normalized spacial score (nSPS) is 12.4. The zero-order valence-corrected chi connectivity index (χ0v) is 13.1. The summed E-state index contributed by atoms with van der Waals surface area (Å²) in [5.74, 6) is 0.939. The fourth-order valence-corrected chi connectivity index (χ4v) is 2.59. The van der Waals surface area contributed by atoms with Gasteiger partial charge >= 0.3 is 5.97 Å². The second-order valence-corrected chi connectivity index (χ2v) is 5.17. The van der Waals surface area contributed by atoms with Gasteiger partial charge in [-0.25, -0.2) is 4.79 Å². The first kappa shape index (κ1) is 15.4. The van der Waals surface area contributed by atoms with E-state index in [0.29, 0.717) is 11.3 Å². The summed E-state index contributed by atoms with van der Waals surface area (Å²) in [6.07, 6.45) is 0.913. The number of esters is 1. The molecule has 1 aliphatic rings. The first-order valence-electron chi connectivity index (χ1n) is 7.33. The van der Waals surface area contributed by atoms with E-state index in [-0.39, 0.29) is 6.79 Å². The molecule has 2 aromatic rings. The van der Waals surface area contributed by atoms with Crippen molar-refractivity contribution in [1.82, 2.24) is 0 Å². The van der Waals surface area contributed by atoms with Crippen LogP contribution in [0, 0.1) is 0 Å². The van der Waals surface area contributed by atoms with Gasteiger partial charge in [0.2, 0.25) is 0 Å².